The van der Waals surface area contributed by atoms with Gasteiger partial charge in [-0.1, -0.05) is 87.1 Å². The number of nitrogens with zero attached hydrogens (tertiary/aromatic N) is 3. The summed E-state index contributed by atoms with van der Waals surface area (Å²) < 4.78 is 2.31. The SMILES string of the molecule is Cc1cc(/C=C2\SC(=NC3CCCCC3)N(C3CCCCC3)C2=O)c(-c2ccccc2)n1-c1ccccc1. The van der Waals surface area contributed by atoms with Crippen LogP contribution in [-0.2, 0) is 4.79 Å². The van der Waals surface area contributed by atoms with Crippen LogP contribution in [0.25, 0.3) is 23.0 Å². The van der Waals surface area contributed by atoms with Gasteiger partial charge in [0.05, 0.1) is 16.6 Å². The Balaban J connectivity index is 1.43. The van der Waals surface area contributed by atoms with Crippen LogP contribution in [0.4, 0.5) is 0 Å². The number of hydrogen-bond acceptors (Lipinski definition) is 3. The fraction of sp³-hybridized carbons (Fsp3) is 0.394. The topological polar surface area (TPSA) is 37.6 Å². The second kappa shape index (κ2) is 11.4. The molecule has 1 aromatic heterocycles. The number of amides is 1. The fourth-order valence-electron chi connectivity index (χ4n) is 6.32. The second-order valence-electron chi connectivity index (χ2n) is 10.9. The monoisotopic (exact) mass is 523 g/mol. The number of para-hydroxylation sites is 1. The Labute approximate surface area is 230 Å². The van der Waals surface area contributed by atoms with E-state index in [1.807, 2.05) is 6.07 Å². The number of carbonyl (C=O) groups excluding carboxylic acids is 1. The van der Waals surface area contributed by atoms with Crippen molar-refractivity contribution >= 4 is 28.9 Å². The van der Waals surface area contributed by atoms with E-state index in [1.54, 1.807) is 11.8 Å². The standard InChI is InChI=1S/C33H37N3OS/c1-24-22-26(31(25-14-6-2-7-15-25)35(24)28-18-10-4-11-19-28)23-30-32(37)36(29-20-12-5-13-21-29)33(38-30)34-27-16-8-3-9-17-27/h2,4,6-7,10-11,14-15,18-19,22-23,27,29H,3,5,8-9,12-13,16-17,20-21H2,1H3/b30-23-,34-33?. The molecule has 1 aliphatic heterocycles. The third-order valence-corrected chi connectivity index (χ3v) is 9.20. The lowest BCUT2D eigenvalue weighted by Crippen LogP contribution is -2.41. The number of hydrogen-bond donors (Lipinski definition) is 0. The molecule has 0 unspecified atom stereocenters. The molecule has 1 saturated heterocycles. The summed E-state index contributed by atoms with van der Waals surface area (Å²) in [7, 11) is 0. The lowest BCUT2D eigenvalue weighted by atomic mass is 9.94. The van der Waals surface area contributed by atoms with Crippen LogP contribution in [0.1, 0.15) is 75.5 Å². The van der Waals surface area contributed by atoms with Gasteiger partial charge in [-0.25, -0.2) is 0 Å². The van der Waals surface area contributed by atoms with Crippen molar-refractivity contribution in [3.63, 3.8) is 0 Å². The summed E-state index contributed by atoms with van der Waals surface area (Å²) in [5.41, 5.74) is 5.62. The van der Waals surface area contributed by atoms with Gasteiger partial charge in [-0.3, -0.25) is 14.7 Å². The number of amidine groups is 1. The lowest BCUT2D eigenvalue weighted by molar-refractivity contribution is -0.124. The first-order valence-electron chi connectivity index (χ1n) is 14.3. The average molecular weight is 524 g/mol. The molecule has 2 aromatic carbocycles. The highest BCUT2D eigenvalue weighted by molar-refractivity contribution is 8.18. The van der Waals surface area contributed by atoms with Crippen LogP contribution >= 0.6 is 11.8 Å². The number of benzene rings is 2. The third kappa shape index (κ3) is 5.13. The van der Waals surface area contributed by atoms with Crippen LogP contribution in [0.5, 0.6) is 0 Å². The maximum Gasteiger partial charge on any atom is 0.267 e. The summed E-state index contributed by atoms with van der Waals surface area (Å²) in [5.74, 6) is 0.139. The third-order valence-electron chi connectivity index (χ3n) is 8.21. The molecule has 3 fully saturated rings. The maximum absolute atomic E-state index is 14.0. The molecule has 0 atom stereocenters. The molecule has 0 radical (unpaired) electrons. The number of aromatic nitrogens is 1. The van der Waals surface area contributed by atoms with E-state index in [4.69, 9.17) is 4.99 Å². The largest absolute Gasteiger partial charge is 0.313 e. The van der Waals surface area contributed by atoms with Gasteiger partial charge >= 0.3 is 0 Å². The number of aryl methyl sites for hydroxylation is 1. The van der Waals surface area contributed by atoms with E-state index >= 15 is 0 Å². The van der Waals surface area contributed by atoms with Crippen LogP contribution in [0, 0.1) is 6.92 Å². The molecule has 6 rings (SSSR count). The van der Waals surface area contributed by atoms with Crippen molar-refractivity contribution in [1.82, 2.24) is 9.47 Å². The first kappa shape index (κ1) is 25.2. The number of rotatable bonds is 5. The molecule has 2 heterocycles. The van der Waals surface area contributed by atoms with Crippen molar-refractivity contribution in [2.75, 3.05) is 0 Å². The van der Waals surface area contributed by atoms with Gasteiger partial charge in [0.15, 0.2) is 5.17 Å². The summed E-state index contributed by atoms with van der Waals surface area (Å²) in [5, 5.41) is 0.945. The molecular formula is C33H37N3OS. The van der Waals surface area contributed by atoms with Gasteiger partial charge in [0.25, 0.3) is 5.91 Å². The molecule has 38 heavy (non-hydrogen) atoms. The second-order valence-corrected chi connectivity index (χ2v) is 11.9. The van der Waals surface area contributed by atoms with Gasteiger partial charge in [-0.05, 0) is 74.2 Å². The van der Waals surface area contributed by atoms with Gasteiger partial charge in [0.1, 0.15) is 0 Å². The Morgan fingerprint density at radius 3 is 2.16 bits per heavy atom. The molecule has 2 aliphatic carbocycles. The van der Waals surface area contributed by atoms with E-state index in [2.05, 4.69) is 83.1 Å². The first-order valence-corrected chi connectivity index (χ1v) is 15.1. The zero-order valence-electron chi connectivity index (χ0n) is 22.3. The molecule has 4 nitrogen and oxygen atoms in total. The normalized spacial score (nSPS) is 21.6. The van der Waals surface area contributed by atoms with Crippen LogP contribution in [0.3, 0.4) is 0 Å². The highest BCUT2D eigenvalue weighted by Crippen LogP contribution is 2.40. The highest BCUT2D eigenvalue weighted by atomic mass is 32.2. The Morgan fingerprint density at radius 1 is 0.842 bits per heavy atom. The summed E-state index contributed by atoms with van der Waals surface area (Å²) in [6, 6.07) is 23.9. The highest BCUT2D eigenvalue weighted by Gasteiger charge is 2.39. The molecule has 3 aliphatic rings. The molecule has 0 N–H and O–H groups in total. The van der Waals surface area contributed by atoms with E-state index in [0.29, 0.717) is 6.04 Å². The summed E-state index contributed by atoms with van der Waals surface area (Å²) in [6.45, 7) is 2.15. The maximum atomic E-state index is 14.0. The molecule has 2 saturated carbocycles. The van der Waals surface area contributed by atoms with Gasteiger partial charge in [-0.2, -0.15) is 0 Å². The molecule has 0 bridgehead atoms. The fourth-order valence-corrected chi connectivity index (χ4v) is 7.42. The Morgan fingerprint density at radius 2 is 1.47 bits per heavy atom. The smallest absolute Gasteiger partial charge is 0.267 e. The van der Waals surface area contributed by atoms with Gasteiger partial charge in [0.2, 0.25) is 0 Å². The van der Waals surface area contributed by atoms with E-state index in [9.17, 15) is 4.79 Å². The Kier molecular flexibility index (Phi) is 7.55. The van der Waals surface area contributed by atoms with E-state index in [1.165, 1.54) is 38.5 Å². The van der Waals surface area contributed by atoms with Crippen molar-refractivity contribution in [2.45, 2.75) is 83.2 Å². The van der Waals surface area contributed by atoms with Gasteiger partial charge in [0, 0.05) is 23.0 Å². The molecular weight excluding hydrogens is 486 g/mol. The number of thioether (sulfide) groups is 1. The number of aliphatic imine (C=N–C) groups is 1. The minimum absolute atomic E-state index is 0.139. The lowest BCUT2D eigenvalue weighted by Gasteiger charge is -2.31. The predicted molar refractivity (Wildman–Crippen MR) is 160 cm³/mol. The van der Waals surface area contributed by atoms with Crippen molar-refractivity contribution in [1.29, 1.82) is 0 Å². The van der Waals surface area contributed by atoms with Crippen LogP contribution in [0.2, 0.25) is 0 Å². The molecule has 3 aromatic rings. The first-order chi connectivity index (χ1) is 18.7. The number of carbonyl (C=O) groups is 1. The Bertz CT molecular complexity index is 1330. The van der Waals surface area contributed by atoms with Crippen molar-refractivity contribution in [2.24, 2.45) is 4.99 Å². The minimum Gasteiger partial charge on any atom is -0.313 e. The van der Waals surface area contributed by atoms with Gasteiger partial charge < -0.3 is 4.57 Å². The van der Waals surface area contributed by atoms with Crippen LogP contribution < -0.4 is 0 Å². The van der Waals surface area contributed by atoms with Gasteiger partial charge in [-0.15, -0.1) is 0 Å². The molecule has 0 spiro atoms. The summed E-state index contributed by atoms with van der Waals surface area (Å²) >= 11 is 1.60. The van der Waals surface area contributed by atoms with E-state index in [-0.39, 0.29) is 11.9 Å². The molecule has 5 heteroatoms. The minimum atomic E-state index is 0.139. The Hall–Kier alpha value is -3.05. The van der Waals surface area contributed by atoms with Crippen LogP contribution in [0.15, 0.2) is 76.6 Å². The van der Waals surface area contributed by atoms with E-state index in [0.717, 1.165) is 64.0 Å². The zero-order valence-corrected chi connectivity index (χ0v) is 23.1. The predicted octanol–water partition coefficient (Wildman–Crippen LogP) is 8.39. The van der Waals surface area contributed by atoms with Crippen molar-refractivity contribution < 1.29 is 4.79 Å². The van der Waals surface area contributed by atoms with Crippen molar-refractivity contribution in [3.05, 3.63) is 82.9 Å². The van der Waals surface area contributed by atoms with Crippen LogP contribution in [-0.4, -0.2) is 32.6 Å². The van der Waals surface area contributed by atoms with E-state index < -0.39 is 0 Å². The molecule has 1 amide bonds. The average Bonchev–Trinajstić information content (AvgIpc) is 3.45. The van der Waals surface area contributed by atoms with Crippen molar-refractivity contribution in [3.8, 4) is 16.9 Å². The quantitative estimate of drug-likeness (QED) is 0.315. The zero-order chi connectivity index (χ0) is 25.9. The summed E-state index contributed by atoms with van der Waals surface area (Å²) in [4.78, 5) is 22.1. The molecule has 196 valence electrons. The summed E-state index contributed by atoms with van der Waals surface area (Å²) in [6.07, 6.45) is 14.1.